The Labute approximate surface area is 138 Å². The highest BCUT2D eigenvalue weighted by molar-refractivity contribution is 6.14. The number of carbonyl (C=O) groups excluding carboxylic acids is 2. The molecule has 3 aromatic rings. The zero-order chi connectivity index (χ0) is 17.1. The molecule has 0 aliphatic carbocycles. The Morgan fingerprint density at radius 1 is 0.625 bits per heavy atom. The molecule has 3 rings (SSSR count). The number of benzene rings is 3. The van der Waals surface area contributed by atoms with Crippen molar-refractivity contribution >= 4 is 11.6 Å². The van der Waals surface area contributed by atoms with E-state index in [9.17, 15) is 19.8 Å². The van der Waals surface area contributed by atoms with Crippen LogP contribution in [-0.2, 0) is 0 Å². The molecule has 0 saturated carbocycles. The van der Waals surface area contributed by atoms with E-state index in [-0.39, 0.29) is 22.8 Å². The third kappa shape index (κ3) is 3.03. The van der Waals surface area contributed by atoms with E-state index < -0.39 is 5.78 Å². The van der Waals surface area contributed by atoms with Crippen molar-refractivity contribution < 1.29 is 19.8 Å². The summed E-state index contributed by atoms with van der Waals surface area (Å²) in [5, 5.41) is 19.3. The summed E-state index contributed by atoms with van der Waals surface area (Å²) in [6, 6.07) is 18.6. The molecule has 0 aliphatic rings. The van der Waals surface area contributed by atoms with E-state index in [1.165, 1.54) is 42.5 Å². The van der Waals surface area contributed by atoms with Crippen LogP contribution in [0.15, 0.2) is 72.8 Å². The van der Waals surface area contributed by atoms with E-state index in [4.69, 9.17) is 0 Å². The summed E-state index contributed by atoms with van der Waals surface area (Å²) in [7, 11) is 0. The normalized spacial score (nSPS) is 10.3. The van der Waals surface area contributed by atoms with Gasteiger partial charge in [-0.25, -0.2) is 0 Å². The Hall–Kier alpha value is -3.40. The maximum Gasteiger partial charge on any atom is 0.196 e. The number of phenols is 2. The van der Waals surface area contributed by atoms with Crippen LogP contribution < -0.4 is 0 Å². The monoisotopic (exact) mass is 318 g/mol. The summed E-state index contributed by atoms with van der Waals surface area (Å²) >= 11 is 0. The third-order valence-corrected chi connectivity index (χ3v) is 3.67. The van der Waals surface area contributed by atoms with Gasteiger partial charge in [0, 0.05) is 16.7 Å². The van der Waals surface area contributed by atoms with Gasteiger partial charge in [-0.05, 0) is 42.5 Å². The smallest absolute Gasteiger partial charge is 0.196 e. The van der Waals surface area contributed by atoms with E-state index in [0.717, 1.165) is 0 Å². The zero-order valence-electron chi connectivity index (χ0n) is 12.6. The van der Waals surface area contributed by atoms with Gasteiger partial charge in [0.1, 0.15) is 11.5 Å². The van der Waals surface area contributed by atoms with Gasteiger partial charge in [-0.2, -0.15) is 0 Å². The molecule has 0 radical (unpaired) electrons. The quantitative estimate of drug-likeness (QED) is 0.721. The molecule has 0 saturated heterocycles. The summed E-state index contributed by atoms with van der Waals surface area (Å²) in [6.45, 7) is 0. The Kier molecular flexibility index (Phi) is 4.12. The average Bonchev–Trinajstić information content (AvgIpc) is 2.62. The largest absolute Gasteiger partial charge is 0.508 e. The van der Waals surface area contributed by atoms with Crippen LogP contribution in [0, 0.1) is 0 Å². The molecule has 0 aromatic heterocycles. The van der Waals surface area contributed by atoms with Gasteiger partial charge in [-0.1, -0.05) is 30.3 Å². The molecule has 24 heavy (non-hydrogen) atoms. The van der Waals surface area contributed by atoms with Crippen molar-refractivity contribution in [3.05, 3.63) is 95.1 Å². The van der Waals surface area contributed by atoms with Crippen molar-refractivity contribution in [2.24, 2.45) is 0 Å². The standard InChI is InChI=1S/C20H14O4/c21-16-9-6-14(7-10-16)20(24)17-12-15(8-11-18(17)22)19(23)13-4-2-1-3-5-13/h1-12,21-22H. The molecule has 0 atom stereocenters. The van der Waals surface area contributed by atoms with Crippen LogP contribution in [0.25, 0.3) is 0 Å². The maximum absolute atomic E-state index is 12.5. The lowest BCUT2D eigenvalue weighted by Crippen LogP contribution is -2.06. The van der Waals surface area contributed by atoms with Gasteiger partial charge in [0.15, 0.2) is 11.6 Å². The molecule has 0 spiro atoms. The highest BCUT2D eigenvalue weighted by atomic mass is 16.3. The number of hydrogen-bond acceptors (Lipinski definition) is 4. The first-order chi connectivity index (χ1) is 11.6. The fraction of sp³-hybridized carbons (Fsp3) is 0. The zero-order valence-corrected chi connectivity index (χ0v) is 12.6. The van der Waals surface area contributed by atoms with Crippen LogP contribution in [0.1, 0.15) is 31.8 Å². The fourth-order valence-corrected chi connectivity index (χ4v) is 2.38. The molecule has 0 bridgehead atoms. The maximum atomic E-state index is 12.5. The number of hydrogen-bond donors (Lipinski definition) is 2. The van der Waals surface area contributed by atoms with Crippen LogP contribution in [-0.4, -0.2) is 21.8 Å². The summed E-state index contributed by atoms with van der Waals surface area (Å²) in [6.07, 6.45) is 0. The van der Waals surface area contributed by atoms with Crippen LogP contribution >= 0.6 is 0 Å². The number of rotatable bonds is 4. The molecule has 2 N–H and O–H groups in total. The first-order valence-electron chi connectivity index (χ1n) is 7.33. The fourth-order valence-electron chi connectivity index (χ4n) is 2.38. The molecular formula is C20H14O4. The summed E-state index contributed by atoms with van der Waals surface area (Å²) in [4.78, 5) is 25.0. The van der Waals surface area contributed by atoms with Crippen molar-refractivity contribution in [3.8, 4) is 11.5 Å². The lowest BCUT2D eigenvalue weighted by molar-refractivity contribution is 0.103. The molecule has 4 nitrogen and oxygen atoms in total. The molecule has 0 aliphatic heterocycles. The Morgan fingerprint density at radius 3 is 1.88 bits per heavy atom. The van der Waals surface area contributed by atoms with Gasteiger partial charge in [0.25, 0.3) is 0 Å². The van der Waals surface area contributed by atoms with E-state index in [1.54, 1.807) is 24.3 Å². The second-order valence-corrected chi connectivity index (χ2v) is 5.30. The molecule has 118 valence electrons. The summed E-state index contributed by atoms with van der Waals surface area (Å²) in [5.74, 6) is -0.799. The minimum atomic E-state index is -0.421. The minimum Gasteiger partial charge on any atom is -0.508 e. The van der Waals surface area contributed by atoms with E-state index in [2.05, 4.69) is 0 Å². The predicted octanol–water partition coefficient (Wildman–Crippen LogP) is 3.56. The number of aromatic hydroxyl groups is 2. The molecule has 0 unspecified atom stereocenters. The molecule has 0 heterocycles. The summed E-state index contributed by atoms with van der Waals surface area (Å²) in [5.41, 5.74) is 1.18. The van der Waals surface area contributed by atoms with E-state index >= 15 is 0 Å². The van der Waals surface area contributed by atoms with Crippen molar-refractivity contribution in [2.45, 2.75) is 0 Å². The van der Waals surface area contributed by atoms with Gasteiger partial charge in [-0.3, -0.25) is 9.59 Å². The molecule has 0 amide bonds. The van der Waals surface area contributed by atoms with Crippen molar-refractivity contribution in [1.82, 2.24) is 0 Å². The van der Waals surface area contributed by atoms with Gasteiger partial charge < -0.3 is 10.2 Å². The number of carbonyl (C=O) groups is 2. The molecule has 4 heteroatoms. The lowest BCUT2D eigenvalue weighted by atomic mass is 9.96. The SMILES string of the molecule is O=C(c1ccccc1)c1ccc(O)c(C(=O)c2ccc(O)cc2)c1. The van der Waals surface area contributed by atoms with Crippen LogP contribution in [0.5, 0.6) is 11.5 Å². The first-order valence-corrected chi connectivity index (χ1v) is 7.33. The predicted molar refractivity (Wildman–Crippen MR) is 89.5 cm³/mol. The average molecular weight is 318 g/mol. The Bertz CT molecular complexity index is 897. The molecule has 0 fully saturated rings. The van der Waals surface area contributed by atoms with Crippen molar-refractivity contribution in [2.75, 3.05) is 0 Å². The second kappa shape index (κ2) is 6.38. The third-order valence-electron chi connectivity index (χ3n) is 3.67. The van der Waals surface area contributed by atoms with E-state index in [1.807, 2.05) is 6.07 Å². The number of ketones is 2. The molecular weight excluding hydrogens is 304 g/mol. The van der Waals surface area contributed by atoms with Crippen molar-refractivity contribution in [3.63, 3.8) is 0 Å². The van der Waals surface area contributed by atoms with Crippen LogP contribution in [0.4, 0.5) is 0 Å². The minimum absolute atomic E-state index is 0.0440. The first kappa shape index (κ1) is 15.5. The van der Waals surface area contributed by atoms with Gasteiger partial charge in [-0.15, -0.1) is 0 Å². The topological polar surface area (TPSA) is 74.6 Å². The van der Waals surface area contributed by atoms with Gasteiger partial charge in [0.2, 0.25) is 0 Å². The summed E-state index contributed by atoms with van der Waals surface area (Å²) < 4.78 is 0. The highest BCUT2D eigenvalue weighted by Gasteiger charge is 2.17. The van der Waals surface area contributed by atoms with Gasteiger partial charge in [0.05, 0.1) is 5.56 Å². The lowest BCUT2D eigenvalue weighted by Gasteiger charge is -2.07. The van der Waals surface area contributed by atoms with Crippen molar-refractivity contribution in [1.29, 1.82) is 0 Å². The Balaban J connectivity index is 1.99. The van der Waals surface area contributed by atoms with Crippen LogP contribution in [0.3, 0.4) is 0 Å². The van der Waals surface area contributed by atoms with Crippen LogP contribution in [0.2, 0.25) is 0 Å². The highest BCUT2D eigenvalue weighted by Crippen LogP contribution is 2.24. The number of phenolic OH excluding ortho intramolecular Hbond substituents is 2. The Morgan fingerprint density at radius 2 is 1.21 bits per heavy atom. The van der Waals surface area contributed by atoms with Gasteiger partial charge >= 0.3 is 0 Å². The van der Waals surface area contributed by atoms with E-state index in [0.29, 0.717) is 16.7 Å². The molecule has 3 aromatic carbocycles. The second-order valence-electron chi connectivity index (χ2n) is 5.30.